The third kappa shape index (κ3) is 2.38. The van der Waals surface area contributed by atoms with Gasteiger partial charge in [0.25, 0.3) is 5.91 Å². The fraction of sp³-hybridized carbons (Fsp3) is 0.188. The van der Waals surface area contributed by atoms with Crippen LogP contribution in [-0.2, 0) is 13.1 Å². The number of nitrogens with zero attached hydrogens (tertiary/aromatic N) is 1. The normalized spacial score (nSPS) is 14.1. The Labute approximate surface area is 118 Å². The molecule has 0 aromatic heterocycles. The van der Waals surface area contributed by atoms with Crippen molar-refractivity contribution < 1.29 is 4.79 Å². The predicted molar refractivity (Wildman–Crippen MR) is 80.4 cm³/mol. The fourth-order valence-corrected chi connectivity index (χ4v) is 2.54. The molecular formula is C16H17N3O. The maximum Gasteiger partial charge on any atom is 0.257 e. The minimum absolute atomic E-state index is 0.172. The van der Waals surface area contributed by atoms with Crippen molar-refractivity contribution in [2.75, 3.05) is 18.1 Å². The lowest BCUT2D eigenvalue weighted by Crippen LogP contribution is -2.14. The first-order chi connectivity index (χ1) is 9.63. The molecule has 0 atom stereocenters. The minimum atomic E-state index is -0.172. The summed E-state index contributed by atoms with van der Waals surface area (Å²) in [6.07, 6.45) is 0. The second kappa shape index (κ2) is 4.98. The number of hydrogen-bond donors (Lipinski definition) is 2. The molecule has 2 aromatic carbocycles. The Bertz CT molecular complexity index is 667. The second-order valence-electron chi connectivity index (χ2n) is 5.20. The monoisotopic (exact) mass is 267 g/mol. The molecule has 1 amide bonds. The third-order valence-corrected chi connectivity index (χ3v) is 3.55. The van der Waals surface area contributed by atoms with E-state index < -0.39 is 0 Å². The molecule has 0 radical (unpaired) electrons. The van der Waals surface area contributed by atoms with Crippen molar-refractivity contribution >= 4 is 17.3 Å². The Hall–Kier alpha value is -2.33. The van der Waals surface area contributed by atoms with Gasteiger partial charge in [0.1, 0.15) is 0 Å². The van der Waals surface area contributed by atoms with Crippen molar-refractivity contribution in [3.8, 4) is 0 Å². The van der Waals surface area contributed by atoms with Crippen LogP contribution in [0.1, 0.15) is 21.5 Å². The zero-order chi connectivity index (χ0) is 14.1. The van der Waals surface area contributed by atoms with Crippen LogP contribution in [0, 0.1) is 0 Å². The average Bonchev–Trinajstić information content (AvgIpc) is 2.78. The van der Waals surface area contributed by atoms with Crippen LogP contribution in [0.2, 0.25) is 0 Å². The molecule has 4 heteroatoms. The highest BCUT2D eigenvalue weighted by Gasteiger charge is 2.16. The van der Waals surface area contributed by atoms with E-state index in [1.54, 1.807) is 12.1 Å². The number of rotatable bonds is 2. The number of hydrogen-bond acceptors (Lipinski definition) is 3. The summed E-state index contributed by atoms with van der Waals surface area (Å²) in [5.74, 6) is -0.172. The highest BCUT2D eigenvalue weighted by Crippen LogP contribution is 2.25. The van der Waals surface area contributed by atoms with Gasteiger partial charge in [-0.2, -0.15) is 0 Å². The summed E-state index contributed by atoms with van der Waals surface area (Å²) in [6, 6.07) is 13.1. The van der Waals surface area contributed by atoms with Crippen molar-refractivity contribution in [1.82, 2.24) is 4.90 Å². The number of nitrogens with one attached hydrogen (secondary N) is 1. The fourth-order valence-electron chi connectivity index (χ4n) is 2.54. The van der Waals surface area contributed by atoms with E-state index >= 15 is 0 Å². The Kier molecular flexibility index (Phi) is 3.16. The lowest BCUT2D eigenvalue weighted by molar-refractivity contribution is 0.102. The minimum Gasteiger partial charge on any atom is -0.398 e. The molecule has 4 nitrogen and oxygen atoms in total. The van der Waals surface area contributed by atoms with Crippen molar-refractivity contribution in [3.05, 3.63) is 59.2 Å². The van der Waals surface area contributed by atoms with E-state index in [4.69, 9.17) is 5.73 Å². The number of carbonyl (C=O) groups is 1. The maximum absolute atomic E-state index is 12.2. The summed E-state index contributed by atoms with van der Waals surface area (Å²) < 4.78 is 0. The van der Waals surface area contributed by atoms with E-state index in [0.717, 1.165) is 18.8 Å². The van der Waals surface area contributed by atoms with E-state index in [1.807, 2.05) is 24.3 Å². The molecule has 102 valence electrons. The van der Waals surface area contributed by atoms with Gasteiger partial charge in [-0.05, 0) is 42.4 Å². The highest BCUT2D eigenvalue weighted by molar-refractivity contribution is 6.07. The summed E-state index contributed by atoms with van der Waals surface area (Å²) in [4.78, 5) is 14.4. The first kappa shape index (κ1) is 12.7. The van der Waals surface area contributed by atoms with Crippen LogP contribution in [-0.4, -0.2) is 17.9 Å². The Morgan fingerprint density at radius 1 is 1.15 bits per heavy atom. The number of fused-ring (bicyclic) bond motifs is 1. The first-order valence-electron chi connectivity index (χ1n) is 6.59. The number of carbonyl (C=O) groups excluding carboxylic acids is 1. The van der Waals surface area contributed by atoms with Crippen LogP contribution < -0.4 is 11.1 Å². The smallest absolute Gasteiger partial charge is 0.257 e. The molecule has 20 heavy (non-hydrogen) atoms. The van der Waals surface area contributed by atoms with Crippen molar-refractivity contribution in [3.63, 3.8) is 0 Å². The van der Waals surface area contributed by atoms with E-state index in [2.05, 4.69) is 23.3 Å². The molecule has 3 rings (SSSR count). The van der Waals surface area contributed by atoms with Crippen molar-refractivity contribution in [2.45, 2.75) is 13.1 Å². The molecule has 1 aliphatic rings. The van der Waals surface area contributed by atoms with Crippen LogP contribution in [0.25, 0.3) is 0 Å². The Morgan fingerprint density at radius 3 is 2.70 bits per heavy atom. The molecule has 0 saturated carbocycles. The molecule has 1 heterocycles. The van der Waals surface area contributed by atoms with Gasteiger partial charge < -0.3 is 11.1 Å². The van der Waals surface area contributed by atoms with Crippen LogP contribution in [0.3, 0.4) is 0 Å². The molecule has 0 unspecified atom stereocenters. The number of anilines is 2. The molecule has 2 aromatic rings. The summed E-state index contributed by atoms with van der Waals surface area (Å²) in [7, 11) is 2.09. The molecule has 0 aliphatic carbocycles. The summed E-state index contributed by atoms with van der Waals surface area (Å²) in [5.41, 5.74) is 10.2. The first-order valence-corrected chi connectivity index (χ1v) is 6.59. The molecule has 3 N–H and O–H groups in total. The van der Waals surface area contributed by atoms with E-state index in [1.165, 1.54) is 11.1 Å². The van der Waals surface area contributed by atoms with Crippen LogP contribution >= 0.6 is 0 Å². The predicted octanol–water partition coefficient (Wildman–Crippen LogP) is 2.47. The Balaban J connectivity index is 1.81. The van der Waals surface area contributed by atoms with Gasteiger partial charge in [0.05, 0.1) is 5.56 Å². The number of benzene rings is 2. The van der Waals surface area contributed by atoms with E-state index in [-0.39, 0.29) is 5.91 Å². The van der Waals surface area contributed by atoms with E-state index in [0.29, 0.717) is 11.3 Å². The van der Waals surface area contributed by atoms with Crippen molar-refractivity contribution in [1.29, 1.82) is 0 Å². The standard InChI is InChI=1S/C16H17N3O/c1-19-9-11-6-7-13(8-12(11)10-19)18-16(20)14-4-2-3-5-15(14)17/h2-8H,9-10,17H2,1H3,(H,18,20). The van der Waals surface area contributed by atoms with Gasteiger partial charge in [-0.15, -0.1) is 0 Å². The summed E-state index contributed by atoms with van der Waals surface area (Å²) in [6.45, 7) is 1.89. The number of para-hydroxylation sites is 1. The number of nitrogen functional groups attached to an aromatic ring is 1. The lowest BCUT2D eigenvalue weighted by atomic mass is 10.1. The van der Waals surface area contributed by atoms with Gasteiger partial charge in [-0.3, -0.25) is 9.69 Å². The molecule has 0 saturated heterocycles. The van der Waals surface area contributed by atoms with Gasteiger partial charge in [0.2, 0.25) is 0 Å². The van der Waals surface area contributed by atoms with Gasteiger partial charge in [0, 0.05) is 24.5 Å². The third-order valence-electron chi connectivity index (χ3n) is 3.55. The number of amides is 1. The summed E-state index contributed by atoms with van der Waals surface area (Å²) >= 11 is 0. The van der Waals surface area contributed by atoms with Crippen molar-refractivity contribution in [2.24, 2.45) is 0 Å². The second-order valence-corrected chi connectivity index (χ2v) is 5.20. The van der Waals surface area contributed by atoms with Gasteiger partial charge in [0.15, 0.2) is 0 Å². The molecule has 1 aliphatic heterocycles. The van der Waals surface area contributed by atoms with E-state index in [9.17, 15) is 4.79 Å². The Morgan fingerprint density at radius 2 is 1.90 bits per heavy atom. The largest absolute Gasteiger partial charge is 0.398 e. The van der Waals surface area contributed by atoms with Crippen LogP contribution in [0.15, 0.2) is 42.5 Å². The van der Waals surface area contributed by atoms with Crippen LogP contribution in [0.5, 0.6) is 0 Å². The topological polar surface area (TPSA) is 58.4 Å². The number of nitrogens with two attached hydrogens (primary N) is 1. The average molecular weight is 267 g/mol. The molecular weight excluding hydrogens is 250 g/mol. The lowest BCUT2D eigenvalue weighted by Gasteiger charge is -2.08. The maximum atomic E-state index is 12.2. The van der Waals surface area contributed by atoms with Gasteiger partial charge in [-0.25, -0.2) is 0 Å². The summed E-state index contributed by atoms with van der Waals surface area (Å²) in [5, 5.41) is 2.91. The van der Waals surface area contributed by atoms with Gasteiger partial charge in [-0.1, -0.05) is 18.2 Å². The SMILES string of the molecule is CN1Cc2ccc(NC(=O)c3ccccc3N)cc2C1. The zero-order valence-corrected chi connectivity index (χ0v) is 11.4. The quantitative estimate of drug-likeness (QED) is 0.822. The molecule has 0 spiro atoms. The zero-order valence-electron chi connectivity index (χ0n) is 11.4. The van der Waals surface area contributed by atoms with Gasteiger partial charge >= 0.3 is 0 Å². The molecule has 0 bridgehead atoms. The molecule has 0 fully saturated rings. The highest BCUT2D eigenvalue weighted by atomic mass is 16.1. The van der Waals surface area contributed by atoms with Crippen LogP contribution in [0.4, 0.5) is 11.4 Å².